The Morgan fingerprint density at radius 3 is 2.52 bits per heavy atom. The van der Waals surface area contributed by atoms with Crippen molar-refractivity contribution in [1.29, 1.82) is 0 Å². The van der Waals surface area contributed by atoms with E-state index < -0.39 is 0 Å². The third-order valence-corrected chi connectivity index (χ3v) is 5.14. The maximum absolute atomic E-state index is 6.04. The van der Waals surface area contributed by atoms with Gasteiger partial charge in [0.1, 0.15) is 17.3 Å². The lowest BCUT2D eigenvalue weighted by Crippen LogP contribution is -2.21. The Labute approximate surface area is 175 Å². The number of hydrogen-bond donors (Lipinski definition) is 1. The van der Waals surface area contributed by atoms with E-state index in [-0.39, 0.29) is 0 Å². The van der Waals surface area contributed by atoms with Crippen LogP contribution in [0, 0.1) is 6.92 Å². The van der Waals surface area contributed by atoms with Crippen LogP contribution in [0.15, 0.2) is 66.7 Å². The van der Waals surface area contributed by atoms with E-state index in [1.54, 1.807) is 6.07 Å². The summed E-state index contributed by atoms with van der Waals surface area (Å²) in [7, 11) is 0. The van der Waals surface area contributed by atoms with Crippen molar-refractivity contribution >= 4 is 40.4 Å². The molecule has 3 rings (SSSR count). The fourth-order valence-electron chi connectivity index (χ4n) is 2.63. The number of rotatable bonds is 6. The van der Waals surface area contributed by atoms with Crippen molar-refractivity contribution in [3.05, 3.63) is 99.0 Å². The van der Waals surface area contributed by atoms with Crippen molar-refractivity contribution < 1.29 is 4.74 Å². The van der Waals surface area contributed by atoms with Crippen LogP contribution in [0.3, 0.4) is 0 Å². The number of ether oxygens (including phenoxy) is 1. The van der Waals surface area contributed by atoms with Crippen LogP contribution >= 0.6 is 35.4 Å². The van der Waals surface area contributed by atoms with E-state index >= 15 is 0 Å². The van der Waals surface area contributed by atoms with Gasteiger partial charge in [-0.05, 0) is 42.3 Å². The Balaban J connectivity index is 1.60. The van der Waals surface area contributed by atoms with Gasteiger partial charge in [-0.3, -0.25) is 0 Å². The van der Waals surface area contributed by atoms with Gasteiger partial charge >= 0.3 is 0 Å². The summed E-state index contributed by atoms with van der Waals surface area (Å²) in [5, 5.41) is 4.36. The first kappa shape index (κ1) is 19.7. The van der Waals surface area contributed by atoms with Gasteiger partial charge in [-0.25, -0.2) is 0 Å². The average Bonchev–Trinajstić information content (AvgIpc) is 2.67. The van der Waals surface area contributed by atoms with Crippen molar-refractivity contribution in [2.24, 2.45) is 0 Å². The molecule has 0 aliphatic carbocycles. The zero-order valence-corrected chi connectivity index (χ0v) is 17.2. The smallest absolute Gasteiger partial charge is 0.120 e. The highest BCUT2D eigenvalue weighted by atomic mass is 35.5. The number of halogens is 2. The molecule has 27 heavy (non-hydrogen) atoms. The molecule has 0 spiro atoms. The third-order valence-electron chi connectivity index (χ3n) is 4.02. The normalized spacial score (nSPS) is 10.5. The molecule has 0 amide bonds. The number of aryl methyl sites for hydroxylation is 1. The highest BCUT2D eigenvalue weighted by molar-refractivity contribution is 7.80. The van der Waals surface area contributed by atoms with Gasteiger partial charge in [0.2, 0.25) is 0 Å². The van der Waals surface area contributed by atoms with Crippen LogP contribution in [0.2, 0.25) is 10.0 Å². The molecule has 0 aliphatic rings. The minimum Gasteiger partial charge on any atom is -0.489 e. The van der Waals surface area contributed by atoms with Crippen LogP contribution in [0.5, 0.6) is 5.75 Å². The van der Waals surface area contributed by atoms with Gasteiger partial charge in [-0.2, -0.15) is 0 Å². The molecule has 0 heterocycles. The first-order valence-corrected chi connectivity index (χ1v) is 9.68. The second kappa shape index (κ2) is 9.23. The van der Waals surface area contributed by atoms with Gasteiger partial charge in [-0.1, -0.05) is 83.4 Å². The lowest BCUT2D eigenvalue weighted by Gasteiger charge is -2.11. The lowest BCUT2D eigenvalue weighted by molar-refractivity contribution is 0.306. The molecule has 0 atom stereocenters. The van der Waals surface area contributed by atoms with E-state index in [9.17, 15) is 0 Å². The average molecular weight is 416 g/mol. The van der Waals surface area contributed by atoms with Gasteiger partial charge in [0.15, 0.2) is 0 Å². The van der Waals surface area contributed by atoms with Crippen LogP contribution in [-0.2, 0) is 13.2 Å². The van der Waals surface area contributed by atoms with Gasteiger partial charge in [-0.15, -0.1) is 0 Å². The Morgan fingerprint density at radius 1 is 0.926 bits per heavy atom. The Kier molecular flexibility index (Phi) is 6.73. The molecule has 3 aromatic rings. The van der Waals surface area contributed by atoms with Crippen LogP contribution in [0.25, 0.3) is 0 Å². The lowest BCUT2D eigenvalue weighted by atomic mass is 10.1. The van der Waals surface area contributed by atoms with E-state index in [0.717, 1.165) is 16.9 Å². The maximum atomic E-state index is 6.04. The molecule has 1 N–H and O–H groups in total. The summed E-state index contributed by atoms with van der Waals surface area (Å²) in [5.41, 5.74) is 4.31. The fourth-order valence-corrected chi connectivity index (χ4v) is 3.15. The minimum absolute atomic E-state index is 0.407. The molecule has 0 saturated heterocycles. The van der Waals surface area contributed by atoms with Crippen LogP contribution in [-0.4, -0.2) is 4.99 Å². The second-order valence-electron chi connectivity index (χ2n) is 6.24. The molecular weight excluding hydrogens is 397 g/mol. The molecule has 2 nitrogen and oxygen atoms in total. The standard InChI is InChI=1S/C22H19Cl2NOS/c1-15-4-2-5-16(10-15)13-25-22(27)18-6-3-7-19(12-18)26-14-17-8-9-20(23)21(24)11-17/h2-12H,13-14H2,1H3,(H,25,27). The van der Waals surface area contributed by atoms with Gasteiger partial charge in [0, 0.05) is 12.1 Å². The Bertz CT molecular complexity index is 959. The van der Waals surface area contributed by atoms with Crippen LogP contribution in [0.1, 0.15) is 22.3 Å². The summed E-state index contributed by atoms with van der Waals surface area (Å²) in [6, 6.07) is 21.6. The van der Waals surface area contributed by atoms with E-state index in [0.29, 0.717) is 28.2 Å². The largest absolute Gasteiger partial charge is 0.489 e. The summed E-state index contributed by atoms with van der Waals surface area (Å²) in [6.45, 7) is 3.18. The number of benzene rings is 3. The summed E-state index contributed by atoms with van der Waals surface area (Å²) in [6.07, 6.45) is 0. The summed E-state index contributed by atoms with van der Waals surface area (Å²) in [4.78, 5) is 0.691. The second-order valence-corrected chi connectivity index (χ2v) is 7.46. The van der Waals surface area contributed by atoms with Crippen LogP contribution in [0.4, 0.5) is 0 Å². The molecule has 0 unspecified atom stereocenters. The van der Waals surface area contributed by atoms with Gasteiger partial charge in [0.05, 0.1) is 10.0 Å². The highest BCUT2D eigenvalue weighted by Gasteiger charge is 2.05. The first-order chi connectivity index (χ1) is 13.0. The summed E-state index contributed by atoms with van der Waals surface area (Å²) < 4.78 is 5.87. The molecule has 0 saturated carbocycles. The number of hydrogen-bond acceptors (Lipinski definition) is 2. The topological polar surface area (TPSA) is 21.3 Å². The predicted octanol–water partition coefficient (Wildman–Crippen LogP) is 6.35. The monoisotopic (exact) mass is 415 g/mol. The zero-order chi connectivity index (χ0) is 19.2. The third kappa shape index (κ3) is 5.70. The molecule has 0 aliphatic heterocycles. The van der Waals surface area contributed by atoms with Crippen molar-refractivity contribution in [2.45, 2.75) is 20.1 Å². The SMILES string of the molecule is Cc1cccc(CNC(=S)c2cccc(OCc3ccc(Cl)c(Cl)c3)c2)c1. The Hall–Kier alpha value is -2.07. The maximum Gasteiger partial charge on any atom is 0.120 e. The van der Waals surface area contributed by atoms with Gasteiger partial charge < -0.3 is 10.1 Å². The van der Waals surface area contributed by atoms with Crippen molar-refractivity contribution in [1.82, 2.24) is 5.32 Å². The summed E-state index contributed by atoms with van der Waals surface area (Å²) in [5.74, 6) is 0.748. The van der Waals surface area contributed by atoms with Crippen molar-refractivity contribution in [3.63, 3.8) is 0 Å². The molecule has 3 aromatic carbocycles. The molecule has 0 bridgehead atoms. The van der Waals surface area contributed by atoms with E-state index in [1.165, 1.54) is 11.1 Å². The van der Waals surface area contributed by atoms with E-state index in [1.807, 2.05) is 42.5 Å². The van der Waals surface area contributed by atoms with Crippen molar-refractivity contribution in [2.75, 3.05) is 0 Å². The number of thiocarbonyl (C=S) groups is 1. The Morgan fingerprint density at radius 2 is 1.74 bits per heavy atom. The van der Waals surface area contributed by atoms with E-state index in [2.05, 4.69) is 30.4 Å². The first-order valence-electron chi connectivity index (χ1n) is 8.52. The zero-order valence-electron chi connectivity index (χ0n) is 14.8. The molecule has 0 aromatic heterocycles. The fraction of sp³-hybridized carbons (Fsp3) is 0.136. The minimum atomic E-state index is 0.407. The van der Waals surface area contributed by atoms with Crippen molar-refractivity contribution in [3.8, 4) is 5.75 Å². The quantitative estimate of drug-likeness (QED) is 0.474. The predicted molar refractivity (Wildman–Crippen MR) is 117 cm³/mol. The molecule has 138 valence electrons. The molecule has 0 radical (unpaired) electrons. The van der Waals surface area contributed by atoms with Crippen LogP contribution < -0.4 is 10.1 Å². The highest BCUT2D eigenvalue weighted by Crippen LogP contribution is 2.23. The van der Waals surface area contributed by atoms with Gasteiger partial charge in [0.25, 0.3) is 0 Å². The molecular formula is C22H19Cl2NOS. The molecule has 5 heteroatoms. The molecule has 0 fully saturated rings. The van der Waals surface area contributed by atoms with E-state index in [4.69, 9.17) is 40.2 Å². The summed E-state index contributed by atoms with van der Waals surface area (Å²) >= 11 is 17.5. The number of nitrogens with one attached hydrogen (secondary N) is 1.